The molecule has 1 aromatic carbocycles. The predicted octanol–water partition coefficient (Wildman–Crippen LogP) is 3.02. The van der Waals surface area contributed by atoms with E-state index in [2.05, 4.69) is 9.97 Å². The van der Waals surface area contributed by atoms with Gasteiger partial charge in [-0.1, -0.05) is 44.2 Å². The number of benzene rings is 1. The van der Waals surface area contributed by atoms with Gasteiger partial charge in [0.05, 0.1) is 16.7 Å². The highest BCUT2D eigenvalue weighted by Gasteiger charge is 2.48. The maximum absolute atomic E-state index is 12.9. The molecule has 0 aliphatic carbocycles. The lowest BCUT2D eigenvalue weighted by molar-refractivity contribution is -0.150. The number of rotatable bonds is 4. The van der Waals surface area contributed by atoms with Gasteiger partial charge in [0.2, 0.25) is 0 Å². The summed E-state index contributed by atoms with van der Waals surface area (Å²) in [5.41, 5.74) is 1.03. The highest BCUT2D eigenvalue weighted by Crippen LogP contribution is 2.38. The first kappa shape index (κ1) is 18.0. The first-order valence-corrected chi connectivity index (χ1v) is 8.77. The molecule has 1 aliphatic heterocycles. The third-order valence-electron chi connectivity index (χ3n) is 5.36. The number of aromatic nitrogens is 2. The smallest absolute Gasteiger partial charge is 0.311 e. The summed E-state index contributed by atoms with van der Waals surface area (Å²) in [5, 5.41) is 9.66. The molecule has 1 atom stereocenters. The zero-order valence-electron chi connectivity index (χ0n) is 15.3. The van der Waals surface area contributed by atoms with Crippen LogP contribution >= 0.6 is 0 Å². The molecule has 136 valence electrons. The fourth-order valence-electron chi connectivity index (χ4n) is 3.47. The molecule has 1 fully saturated rings. The van der Waals surface area contributed by atoms with Crippen LogP contribution in [0.25, 0.3) is 11.4 Å². The topological polar surface area (TPSA) is 83.4 Å². The van der Waals surface area contributed by atoms with E-state index in [0.29, 0.717) is 30.0 Å². The Bertz CT molecular complexity index is 835. The van der Waals surface area contributed by atoms with Gasteiger partial charge < -0.3 is 10.0 Å². The molecule has 1 unspecified atom stereocenters. The second kappa shape index (κ2) is 6.86. The molecule has 26 heavy (non-hydrogen) atoms. The zero-order valence-corrected chi connectivity index (χ0v) is 15.3. The van der Waals surface area contributed by atoms with Crippen LogP contribution in [0.5, 0.6) is 0 Å². The molecule has 2 aromatic rings. The molecule has 6 nitrogen and oxygen atoms in total. The molecule has 1 aromatic heterocycles. The average molecular weight is 353 g/mol. The van der Waals surface area contributed by atoms with Crippen molar-refractivity contribution < 1.29 is 14.7 Å². The molecule has 0 saturated carbocycles. The van der Waals surface area contributed by atoms with Crippen molar-refractivity contribution in [2.75, 3.05) is 13.1 Å². The molecule has 6 heteroatoms. The van der Waals surface area contributed by atoms with Crippen molar-refractivity contribution in [1.29, 1.82) is 0 Å². The van der Waals surface area contributed by atoms with Gasteiger partial charge in [-0.05, 0) is 19.3 Å². The lowest BCUT2D eigenvalue weighted by atomic mass is 9.76. The molecule has 2 heterocycles. The van der Waals surface area contributed by atoms with E-state index in [9.17, 15) is 14.7 Å². The number of hydrogen-bond donors (Lipinski definition) is 1. The molecule has 1 saturated heterocycles. The van der Waals surface area contributed by atoms with Gasteiger partial charge >= 0.3 is 5.97 Å². The fourth-order valence-corrected chi connectivity index (χ4v) is 3.47. The van der Waals surface area contributed by atoms with Crippen molar-refractivity contribution in [3.63, 3.8) is 0 Å². The maximum Gasteiger partial charge on any atom is 0.311 e. The lowest BCUT2D eigenvalue weighted by Crippen LogP contribution is -2.40. The largest absolute Gasteiger partial charge is 0.481 e. The molecule has 1 N–H and O–H groups in total. The number of amides is 1. The first-order valence-electron chi connectivity index (χ1n) is 8.77. The van der Waals surface area contributed by atoms with Crippen LogP contribution in [0.2, 0.25) is 0 Å². The number of aliphatic carboxylic acids is 1. The summed E-state index contributed by atoms with van der Waals surface area (Å²) in [6.07, 6.45) is 2.01. The van der Waals surface area contributed by atoms with Crippen molar-refractivity contribution in [2.24, 2.45) is 11.3 Å². The molecule has 3 rings (SSSR count). The zero-order chi connectivity index (χ0) is 18.9. The van der Waals surface area contributed by atoms with Crippen molar-refractivity contribution in [3.8, 4) is 11.4 Å². The first-order chi connectivity index (χ1) is 12.3. The number of carbonyl (C=O) groups excluding carboxylic acids is 1. The summed E-state index contributed by atoms with van der Waals surface area (Å²) in [5.74, 6) is -0.514. The van der Waals surface area contributed by atoms with E-state index in [1.807, 2.05) is 44.2 Å². The van der Waals surface area contributed by atoms with Gasteiger partial charge in [0.15, 0.2) is 5.82 Å². The minimum atomic E-state index is -0.881. The Morgan fingerprint density at radius 2 is 1.92 bits per heavy atom. The van der Waals surface area contributed by atoms with E-state index < -0.39 is 11.4 Å². The molecule has 1 aliphatic rings. The highest BCUT2D eigenvalue weighted by atomic mass is 16.4. The van der Waals surface area contributed by atoms with Crippen LogP contribution in [0, 0.1) is 18.3 Å². The Balaban J connectivity index is 1.84. The van der Waals surface area contributed by atoms with Crippen LogP contribution in [0.15, 0.2) is 36.5 Å². The Morgan fingerprint density at radius 3 is 2.46 bits per heavy atom. The second-order valence-electron chi connectivity index (χ2n) is 7.15. The summed E-state index contributed by atoms with van der Waals surface area (Å²) >= 11 is 0. The standard InChI is InChI=1S/C20H23N3O3/c1-13(2)20(19(25)26)9-10-23(12-20)18(24)16-11-21-17(22-14(16)3)15-7-5-4-6-8-15/h4-8,11,13H,9-10,12H2,1-3H3,(H,25,26). The maximum atomic E-state index is 12.9. The van der Waals surface area contributed by atoms with Gasteiger partial charge in [-0.25, -0.2) is 9.97 Å². The third kappa shape index (κ3) is 3.07. The number of aryl methyl sites for hydroxylation is 1. The summed E-state index contributed by atoms with van der Waals surface area (Å²) in [4.78, 5) is 35.1. The number of carboxylic acids is 1. The van der Waals surface area contributed by atoms with E-state index in [4.69, 9.17) is 0 Å². The van der Waals surface area contributed by atoms with Crippen molar-refractivity contribution >= 4 is 11.9 Å². The van der Waals surface area contributed by atoms with Gasteiger partial charge in [0, 0.05) is 24.8 Å². The van der Waals surface area contributed by atoms with Crippen LogP contribution in [0.3, 0.4) is 0 Å². The van der Waals surface area contributed by atoms with E-state index >= 15 is 0 Å². The minimum Gasteiger partial charge on any atom is -0.481 e. The molecule has 0 spiro atoms. The SMILES string of the molecule is Cc1nc(-c2ccccc2)ncc1C(=O)N1CCC(C(=O)O)(C(C)C)C1. The minimum absolute atomic E-state index is 0.0457. The predicted molar refractivity (Wildman–Crippen MR) is 97.6 cm³/mol. The molecule has 0 radical (unpaired) electrons. The van der Waals surface area contributed by atoms with Crippen molar-refractivity contribution in [3.05, 3.63) is 47.8 Å². The molecule has 0 bridgehead atoms. The summed E-state index contributed by atoms with van der Waals surface area (Å²) in [7, 11) is 0. The normalized spacial score (nSPS) is 19.8. The number of likely N-dealkylation sites (tertiary alicyclic amines) is 1. The number of hydrogen-bond acceptors (Lipinski definition) is 4. The second-order valence-corrected chi connectivity index (χ2v) is 7.15. The highest BCUT2D eigenvalue weighted by molar-refractivity contribution is 5.96. The Labute approximate surface area is 152 Å². The van der Waals surface area contributed by atoms with Crippen molar-refractivity contribution in [1.82, 2.24) is 14.9 Å². The monoisotopic (exact) mass is 353 g/mol. The van der Waals surface area contributed by atoms with Crippen LogP contribution in [0.4, 0.5) is 0 Å². The summed E-state index contributed by atoms with van der Waals surface area (Å²) < 4.78 is 0. The van der Waals surface area contributed by atoms with Gasteiger partial charge in [-0.3, -0.25) is 9.59 Å². The summed E-state index contributed by atoms with van der Waals surface area (Å²) in [6.45, 7) is 6.22. The van der Waals surface area contributed by atoms with E-state index in [1.54, 1.807) is 18.0 Å². The number of carbonyl (C=O) groups is 2. The van der Waals surface area contributed by atoms with Gasteiger partial charge in [-0.15, -0.1) is 0 Å². The lowest BCUT2D eigenvalue weighted by Gasteiger charge is -2.28. The number of carboxylic acid groups (broad SMARTS) is 1. The molecular formula is C20H23N3O3. The number of nitrogens with zero attached hydrogens (tertiary/aromatic N) is 3. The van der Waals surface area contributed by atoms with Crippen LogP contribution in [-0.4, -0.2) is 44.9 Å². The Kier molecular flexibility index (Phi) is 4.76. The molecule has 1 amide bonds. The Morgan fingerprint density at radius 1 is 1.23 bits per heavy atom. The average Bonchev–Trinajstić information content (AvgIpc) is 3.09. The van der Waals surface area contributed by atoms with E-state index in [-0.39, 0.29) is 18.4 Å². The van der Waals surface area contributed by atoms with E-state index in [0.717, 1.165) is 5.56 Å². The van der Waals surface area contributed by atoms with Crippen LogP contribution in [-0.2, 0) is 4.79 Å². The van der Waals surface area contributed by atoms with E-state index in [1.165, 1.54) is 0 Å². The molecular weight excluding hydrogens is 330 g/mol. The third-order valence-corrected chi connectivity index (χ3v) is 5.36. The van der Waals surface area contributed by atoms with Crippen molar-refractivity contribution in [2.45, 2.75) is 27.2 Å². The Hall–Kier alpha value is -2.76. The van der Waals surface area contributed by atoms with Gasteiger partial charge in [-0.2, -0.15) is 0 Å². The van der Waals surface area contributed by atoms with Crippen LogP contribution in [0.1, 0.15) is 36.3 Å². The van der Waals surface area contributed by atoms with Crippen LogP contribution < -0.4 is 0 Å². The van der Waals surface area contributed by atoms with Gasteiger partial charge in [0.25, 0.3) is 5.91 Å². The van der Waals surface area contributed by atoms with Gasteiger partial charge in [0.1, 0.15) is 0 Å². The summed E-state index contributed by atoms with van der Waals surface area (Å²) in [6, 6.07) is 9.58. The fraction of sp³-hybridized carbons (Fsp3) is 0.400. The quantitative estimate of drug-likeness (QED) is 0.913.